The molecule has 3 fully saturated rings. The van der Waals surface area contributed by atoms with Crippen LogP contribution in [0.4, 0.5) is 0 Å². The summed E-state index contributed by atoms with van der Waals surface area (Å²) >= 11 is 0. The smallest absolute Gasteiger partial charge is 0.250 e. The summed E-state index contributed by atoms with van der Waals surface area (Å²) in [5.41, 5.74) is 0.869. The second-order valence-electron chi connectivity index (χ2n) is 9.79. The fraction of sp³-hybridized carbons (Fsp3) is 0.792. The van der Waals surface area contributed by atoms with Gasteiger partial charge in [0.05, 0.1) is 0 Å². The molecule has 1 aliphatic carbocycles. The molecule has 178 valence electrons. The van der Waals surface area contributed by atoms with Gasteiger partial charge in [0.2, 0.25) is 11.8 Å². The summed E-state index contributed by atoms with van der Waals surface area (Å²) in [5, 5.41) is 6.09. The van der Waals surface area contributed by atoms with E-state index in [1.165, 1.54) is 45.6 Å². The molecule has 4 rings (SSSR count). The highest BCUT2D eigenvalue weighted by atomic mass is 16.2. The Bertz CT molecular complexity index is 739. The van der Waals surface area contributed by atoms with E-state index >= 15 is 0 Å². The van der Waals surface area contributed by atoms with Gasteiger partial charge in [0.25, 0.3) is 5.91 Å². The zero-order valence-electron chi connectivity index (χ0n) is 19.5. The van der Waals surface area contributed by atoms with Crippen LogP contribution in [-0.2, 0) is 14.4 Å². The molecule has 32 heavy (non-hydrogen) atoms. The molecule has 0 aromatic rings. The topological polar surface area (TPSA) is 85.0 Å². The molecule has 2 N–H and O–H groups in total. The summed E-state index contributed by atoms with van der Waals surface area (Å²) in [6.07, 6.45) is 8.28. The van der Waals surface area contributed by atoms with Crippen LogP contribution < -0.4 is 10.6 Å². The minimum Gasteiger partial charge on any atom is -0.326 e. The molecule has 3 atom stereocenters. The molecule has 0 saturated carbocycles. The molecular weight excluding hydrogens is 406 g/mol. The molecule has 0 radical (unpaired) electrons. The maximum absolute atomic E-state index is 12.9. The molecule has 8 nitrogen and oxygen atoms in total. The Kier molecular flexibility index (Phi) is 7.97. The standard InChI is InChI=1S/C24H39N5O3/c1-2-10-27-12-4-13-28(15-14-27)11-3-9-25-19-5-6-20-18(16-19)17-29(24(20)32)21-7-8-22(30)26-23(21)31/h6,18-19,21,25H,2-5,7-17H2,1H3,(H,26,30,31). The predicted molar refractivity (Wildman–Crippen MR) is 123 cm³/mol. The third-order valence-electron chi connectivity index (χ3n) is 7.45. The molecule has 3 aliphatic heterocycles. The van der Waals surface area contributed by atoms with E-state index in [9.17, 15) is 14.4 Å². The molecule has 3 amide bonds. The summed E-state index contributed by atoms with van der Waals surface area (Å²) < 4.78 is 0. The number of hydrogen-bond donors (Lipinski definition) is 2. The van der Waals surface area contributed by atoms with E-state index in [0.29, 0.717) is 25.4 Å². The molecule has 0 spiro atoms. The zero-order valence-corrected chi connectivity index (χ0v) is 19.5. The number of piperidine rings is 1. The average Bonchev–Trinajstić information content (AvgIpc) is 2.93. The number of nitrogens with zero attached hydrogens (tertiary/aromatic N) is 3. The number of imide groups is 1. The summed E-state index contributed by atoms with van der Waals surface area (Å²) in [6, 6.07) is -0.109. The van der Waals surface area contributed by atoms with E-state index in [0.717, 1.165) is 37.9 Å². The summed E-state index contributed by atoms with van der Waals surface area (Å²) in [6.45, 7) is 11.0. The van der Waals surface area contributed by atoms with E-state index in [4.69, 9.17) is 0 Å². The van der Waals surface area contributed by atoms with Crippen LogP contribution in [0.15, 0.2) is 11.6 Å². The van der Waals surface area contributed by atoms with E-state index in [2.05, 4.69) is 33.4 Å². The van der Waals surface area contributed by atoms with Crippen LogP contribution in [0.5, 0.6) is 0 Å². The van der Waals surface area contributed by atoms with Crippen molar-refractivity contribution in [1.29, 1.82) is 0 Å². The van der Waals surface area contributed by atoms with E-state index in [1.807, 2.05) is 0 Å². The lowest BCUT2D eigenvalue weighted by Crippen LogP contribution is -2.53. The van der Waals surface area contributed by atoms with Gasteiger partial charge in [-0.05, 0) is 71.2 Å². The van der Waals surface area contributed by atoms with Crippen molar-refractivity contribution >= 4 is 17.7 Å². The lowest BCUT2D eigenvalue weighted by atomic mass is 9.87. The number of hydrogen-bond acceptors (Lipinski definition) is 6. The molecule has 0 aromatic carbocycles. The SMILES string of the molecule is CCCN1CCCN(CCCNC2CC=C3C(=O)N(C4CCC(=O)NC4=O)CC3C2)CC1. The summed E-state index contributed by atoms with van der Waals surface area (Å²) in [4.78, 5) is 43.4. The quantitative estimate of drug-likeness (QED) is 0.423. The maximum atomic E-state index is 12.9. The van der Waals surface area contributed by atoms with Crippen molar-refractivity contribution in [2.75, 3.05) is 52.4 Å². The summed E-state index contributed by atoms with van der Waals surface area (Å²) in [5.74, 6) is -0.386. The first kappa shape index (κ1) is 23.4. The lowest BCUT2D eigenvalue weighted by molar-refractivity contribution is -0.142. The van der Waals surface area contributed by atoms with E-state index in [-0.39, 0.29) is 23.6 Å². The number of nitrogens with one attached hydrogen (secondary N) is 2. The van der Waals surface area contributed by atoms with E-state index < -0.39 is 6.04 Å². The maximum Gasteiger partial charge on any atom is 0.250 e. The van der Waals surface area contributed by atoms with Gasteiger partial charge < -0.3 is 20.0 Å². The Morgan fingerprint density at radius 1 is 1.09 bits per heavy atom. The Morgan fingerprint density at radius 2 is 1.88 bits per heavy atom. The second kappa shape index (κ2) is 10.9. The van der Waals surface area contributed by atoms with Crippen molar-refractivity contribution in [2.45, 2.75) is 64.0 Å². The van der Waals surface area contributed by atoms with Gasteiger partial charge in [-0.15, -0.1) is 0 Å². The number of carbonyl (C=O) groups excluding carboxylic acids is 3. The van der Waals surface area contributed by atoms with Crippen molar-refractivity contribution in [3.63, 3.8) is 0 Å². The molecule has 3 saturated heterocycles. The van der Waals surface area contributed by atoms with Gasteiger partial charge in [0.1, 0.15) is 6.04 Å². The minimum absolute atomic E-state index is 0.0128. The highest BCUT2D eigenvalue weighted by Gasteiger charge is 2.44. The normalized spacial score (nSPS) is 30.2. The Balaban J connectivity index is 1.18. The number of carbonyl (C=O) groups is 3. The van der Waals surface area contributed by atoms with Crippen LogP contribution in [0.25, 0.3) is 0 Å². The molecule has 0 bridgehead atoms. The summed E-state index contributed by atoms with van der Waals surface area (Å²) in [7, 11) is 0. The predicted octanol–water partition coefficient (Wildman–Crippen LogP) is 0.736. The van der Waals surface area contributed by atoms with Crippen molar-refractivity contribution in [2.24, 2.45) is 5.92 Å². The lowest BCUT2D eigenvalue weighted by Gasteiger charge is -2.29. The third-order valence-corrected chi connectivity index (χ3v) is 7.45. The van der Waals surface area contributed by atoms with Crippen LogP contribution in [0.1, 0.15) is 51.9 Å². The van der Waals surface area contributed by atoms with Gasteiger partial charge in [-0.2, -0.15) is 0 Å². The van der Waals surface area contributed by atoms with Gasteiger partial charge in [0, 0.05) is 43.6 Å². The van der Waals surface area contributed by atoms with Gasteiger partial charge in [0.15, 0.2) is 0 Å². The van der Waals surface area contributed by atoms with E-state index in [1.54, 1.807) is 4.90 Å². The third kappa shape index (κ3) is 5.58. The van der Waals surface area contributed by atoms with Gasteiger partial charge in [-0.1, -0.05) is 13.0 Å². The Hall–Kier alpha value is -1.77. The van der Waals surface area contributed by atoms with Crippen LogP contribution >= 0.6 is 0 Å². The fourth-order valence-corrected chi connectivity index (χ4v) is 5.74. The number of likely N-dealkylation sites (tertiary alicyclic amines) is 1. The minimum atomic E-state index is -0.500. The first-order chi connectivity index (χ1) is 15.5. The van der Waals surface area contributed by atoms with Crippen LogP contribution in [0.2, 0.25) is 0 Å². The number of rotatable bonds is 8. The largest absolute Gasteiger partial charge is 0.326 e. The van der Waals surface area contributed by atoms with Crippen molar-refractivity contribution in [1.82, 2.24) is 25.3 Å². The van der Waals surface area contributed by atoms with Gasteiger partial charge in [-0.25, -0.2) is 0 Å². The van der Waals surface area contributed by atoms with Crippen LogP contribution in [0, 0.1) is 5.92 Å². The monoisotopic (exact) mass is 445 g/mol. The highest BCUT2D eigenvalue weighted by molar-refractivity contribution is 6.04. The molecule has 4 aliphatic rings. The number of fused-ring (bicyclic) bond motifs is 1. The first-order valence-corrected chi connectivity index (χ1v) is 12.6. The van der Waals surface area contributed by atoms with Crippen molar-refractivity contribution in [3.05, 3.63) is 11.6 Å². The molecular formula is C24H39N5O3. The Labute approximate surface area is 191 Å². The van der Waals surface area contributed by atoms with Gasteiger partial charge >= 0.3 is 0 Å². The fourth-order valence-electron chi connectivity index (χ4n) is 5.74. The van der Waals surface area contributed by atoms with Gasteiger partial charge in [-0.3, -0.25) is 19.7 Å². The average molecular weight is 446 g/mol. The first-order valence-electron chi connectivity index (χ1n) is 12.6. The molecule has 3 unspecified atom stereocenters. The van der Waals surface area contributed by atoms with Crippen molar-refractivity contribution in [3.8, 4) is 0 Å². The number of amides is 3. The molecule has 0 aromatic heterocycles. The molecule has 3 heterocycles. The van der Waals surface area contributed by atoms with Crippen molar-refractivity contribution < 1.29 is 14.4 Å². The molecule has 8 heteroatoms. The van der Waals surface area contributed by atoms with Crippen LogP contribution in [0.3, 0.4) is 0 Å². The second-order valence-corrected chi connectivity index (χ2v) is 9.79. The Morgan fingerprint density at radius 3 is 2.62 bits per heavy atom. The van der Waals surface area contributed by atoms with Crippen LogP contribution in [-0.4, -0.2) is 96.9 Å². The highest BCUT2D eigenvalue weighted by Crippen LogP contribution is 2.35. The zero-order chi connectivity index (χ0) is 22.5.